The Labute approximate surface area is 157 Å². The highest BCUT2D eigenvalue weighted by Gasteiger charge is 2.19. The smallest absolute Gasteiger partial charge is 0.341 e. The van der Waals surface area contributed by atoms with E-state index in [0.29, 0.717) is 28.5 Å². The van der Waals surface area contributed by atoms with Crippen LogP contribution in [0.3, 0.4) is 0 Å². The Hall–Kier alpha value is -2.60. The summed E-state index contributed by atoms with van der Waals surface area (Å²) in [7, 11) is 0. The third-order valence-corrected chi connectivity index (χ3v) is 4.58. The van der Waals surface area contributed by atoms with E-state index in [0.717, 1.165) is 17.7 Å². The summed E-state index contributed by atoms with van der Waals surface area (Å²) in [5.41, 5.74) is 0.847. The highest BCUT2D eigenvalue weighted by molar-refractivity contribution is 7.16. The molecule has 0 aliphatic carbocycles. The molecular formula is C20H23NO4S. The number of benzene rings is 1. The SMILES string of the molecule is C=CCOc1cccc(C(=O)Nc2sc(CCC)cc2C(=O)OCC)c1. The minimum Gasteiger partial charge on any atom is -0.490 e. The van der Waals surface area contributed by atoms with Gasteiger partial charge in [-0.3, -0.25) is 4.79 Å². The Balaban J connectivity index is 2.22. The van der Waals surface area contributed by atoms with Gasteiger partial charge in [-0.1, -0.05) is 32.1 Å². The topological polar surface area (TPSA) is 64.6 Å². The van der Waals surface area contributed by atoms with E-state index in [4.69, 9.17) is 9.47 Å². The molecule has 26 heavy (non-hydrogen) atoms. The van der Waals surface area contributed by atoms with Gasteiger partial charge in [0.15, 0.2) is 0 Å². The zero-order valence-electron chi connectivity index (χ0n) is 15.0. The van der Waals surface area contributed by atoms with Gasteiger partial charge < -0.3 is 14.8 Å². The number of hydrogen-bond donors (Lipinski definition) is 1. The number of esters is 1. The summed E-state index contributed by atoms with van der Waals surface area (Å²) < 4.78 is 10.6. The Morgan fingerprint density at radius 2 is 2.08 bits per heavy atom. The number of amides is 1. The molecule has 1 aromatic carbocycles. The molecule has 0 saturated heterocycles. The van der Waals surface area contributed by atoms with Gasteiger partial charge in [-0.2, -0.15) is 0 Å². The summed E-state index contributed by atoms with van der Waals surface area (Å²) in [6.45, 7) is 8.07. The zero-order valence-corrected chi connectivity index (χ0v) is 15.9. The molecule has 138 valence electrons. The van der Waals surface area contributed by atoms with E-state index < -0.39 is 5.97 Å². The monoisotopic (exact) mass is 373 g/mol. The van der Waals surface area contributed by atoms with E-state index in [-0.39, 0.29) is 12.5 Å². The first kappa shape index (κ1) is 19.7. The second kappa shape index (κ2) is 9.77. The largest absolute Gasteiger partial charge is 0.490 e. The molecule has 0 fully saturated rings. The number of nitrogens with one attached hydrogen (secondary N) is 1. The normalized spacial score (nSPS) is 10.2. The molecule has 2 aromatic rings. The molecule has 0 bridgehead atoms. The lowest BCUT2D eigenvalue weighted by molar-refractivity contribution is 0.0528. The molecule has 0 spiro atoms. The highest BCUT2D eigenvalue weighted by Crippen LogP contribution is 2.30. The van der Waals surface area contributed by atoms with Crippen molar-refractivity contribution in [2.75, 3.05) is 18.5 Å². The molecule has 1 N–H and O–H groups in total. The molecular weight excluding hydrogens is 350 g/mol. The lowest BCUT2D eigenvalue weighted by Gasteiger charge is -2.08. The summed E-state index contributed by atoms with van der Waals surface area (Å²) in [5, 5.41) is 3.34. The van der Waals surface area contributed by atoms with Crippen LogP contribution in [0.1, 0.15) is 45.9 Å². The van der Waals surface area contributed by atoms with Crippen LogP contribution < -0.4 is 10.1 Å². The molecule has 0 saturated carbocycles. The fourth-order valence-electron chi connectivity index (χ4n) is 2.32. The predicted molar refractivity (Wildman–Crippen MR) is 104 cm³/mol. The van der Waals surface area contributed by atoms with E-state index >= 15 is 0 Å². The van der Waals surface area contributed by atoms with Crippen LogP contribution in [-0.4, -0.2) is 25.1 Å². The van der Waals surface area contributed by atoms with Crippen molar-refractivity contribution in [2.24, 2.45) is 0 Å². The fraction of sp³-hybridized carbons (Fsp3) is 0.300. The van der Waals surface area contributed by atoms with E-state index in [1.165, 1.54) is 11.3 Å². The molecule has 6 heteroatoms. The van der Waals surface area contributed by atoms with Crippen molar-refractivity contribution in [1.82, 2.24) is 0 Å². The Morgan fingerprint density at radius 1 is 1.27 bits per heavy atom. The molecule has 0 unspecified atom stereocenters. The number of hydrogen-bond acceptors (Lipinski definition) is 5. The molecule has 0 atom stereocenters. The molecule has 1 aromatic heterocycles. The second-order valence-electron chi connectivity index (χ2n) is 5.51. The van der Waals surface area contributed by atoms with Crippen LogP contribution >= 0.6 is 11.3 Å². The molecule has 5 nitrogen and oxygen atoms in total. The fourth-order valence-corrected chi connectivity index (χ4v) is 3.46. The van der Waals surface area contributed by atoms with Gasteiger partial charge in [0.1, 0.15) is 17.4 Å². The number of carbonyl (C=O) groups excluding carboxylic acids is 2. The molecule has 2 rings (SSSR count). The van der Waals surface area contributed by atoms with Gasteiger partial charge in [0.05, 0.1) is 12.2 Å². The maximum atomic E-state index is 12.6. The van der Waals surface area contributed by atoms with E-state index in [1.54, 1.807) is 43.3 Å². The number of rotatable bonds is 9. The molecule has 1 heterocycles. The minimum absolute atomic E-state index is 0.286. The van der Waals surface area contributed by atoms with E-state index in [1.807, 2.05) is 0 Å². The highest BCUT2D eigenvalue weighted by atomic mass is 32.1. The summed E-state index contributed by atoms with van der Waals surface area (Å²) in [5.74, 6) is -0.144. The van der Waals surface area contributed by atoms with Gasteiger partial charge >= 0.3 is 5.97 Å². The standard InChI is InChI=1S/C20H23NO4S/c1-4-8-16-13-17(20(23)24-6-3)19(26-16)21-18(22)14-9-7-10-15(12-14)25-11-5-2/h5,7,9-10,12-13H,2,4,6,8,11H2,1,3H3,(H,21,22). The molecule has 0 radical (unpaired) electrons. The van der Waals surface area contributed by atoms with Gasteiger partial charge in [0, 0.05) is 10.4 Å². The molecule has 0 aliphatic rings. The van der Waals surface area contributed by atoms with Crippen LogP contribution in [0, 0.1) is 0 Å². The van der Waals surface area contributed by atoms with Gasteiger partial charge in [-0.15, -0.1) is 11.3 Å². The average molecular weight is 373 g/mol. The predicted octanol–water partition coefficient (Wildman–Crippen LogP) is 4.69. The summed E-state index contributed by atoms with van der Waals surface area (Å²) in [4.78, 5) is 25.8. The van der Waals surface area contributed by atoms with Gasteiger partial charge in [-0.05, 0) is 37.6 Å². The quantitative estimate of drug-likeness (QED) is 0.511. The molecule has 0 aliphatic heterocycles. The Morgan fingerprint density at radius 3 is 2.77 bits per heavy atom. The van der Waals surface area contributed by atoms with Crippen LogP contribution in [0.25, 0.3) is 0 Å². The second-order valence-corrected chi connectivity index (χ2v) is 6.64. The summed E-state index contributed by atoms with van der Waals surface area (Å²) in [6, 6.07) is 8.67. The van der Waals surface area contributed by atoms with Crippen LogP contribution in [0.4, 0.5) is 5.00 Å². The number of thiophene rings is 1. The van der Waals surface area contributed by atoms with Crippen molar-refractivity contribution < 1.29 is 19.1 Å². The zero-order chi connectivity index (χ0) is 18.9. The third-order valence-electron chi connectivity index (χ3n) is 3.47. The lowest BCUT2D eigenvalue weighted by atomic mass is 10.2. The van der Waals surface area contributed by atoms with Gasteiger partial charge in [-0.25, -0.2) is 4.79 Å². The van der Waals surface area contributed by atoms with Crippen LogP contribution in [0.2, 0.25) is 0 Å². The number of anilines is 1. The van der Waals surface area contributed by atoms with Gasteiger partial charge in [0.2, 0.25) is 0 Å². The average Bonchev–Trinajstić information content (AvgIpc) is 3.03. The maximum Gasteiger partial charge on any atom is 0.341 e. The first-order valence-corrected chi connectivity index (χ1v) is 9.35. The molecule has 1 amide bonds. The lowest BCUT2D eigenvalue weighted by Crippen LogP contribution is -2.14. The first-order valence-electron chi connectivity index (χ1n) is 8.54. The van der Waals surface area contributed by atoms with Crippen LogP contribution in [0.15, 0.2) is 43.0 Å². The minimum atomic E-state index is -0.426. The maximum absolute atomic E-state index is 12.6. The van der Waals surface area contributed by atoms with Crippen molar-refractivity contribution in [3.05, 3.63) is 59.0 Å². The summed E-state index contributed by atoms with van der Waals surface area (Å²) >= 11 is 1.40. The van der Waals surface area contributed by atoms with Crippen molar-refractivity contribution in [2.45, 2.75) is 26.7 Å². The van der Waals surface area contributed by atoms with Gasteiger partial charge in [0.25, 0.3) is 5.91 Å². The van der Waals surface area contributed by atoms with E-state index in [9.17, 15) is 9.59 Å². The van der Waals surface area contributed by atoms with Crippen molar-refractivity contribution in [1.29, 1.82) is 0 Å². The Bertz CT molecular complexity index is 782. The van der Waals surface area contributed by atoms with Crippen LogP contribution in [0.5, 0.6) is 5.75 Å². The summed E-state index contributed by atoms with van der Waals surface area (Å²) in [6.07, 6.45) is 3.44. The van der Waals surface area contributed by atoms with Crippen molar-refractivity contribution in [3.63, 3.8) is 0 Å². The Kier molecular flexibility index (Phi) is 7.41. The van der Waals surface area contributed by atoms with Crippen molar-refractivity contribution >= 4 is 28.2 Å². The van der Waals surface area contributed by atoms with Crippen LogP contribution in [-0.2, 0) is 11.2 Å². The number of ether oxygens (including phenoxy) is 2. The number of carbonyl (C=O) groups is 2. The number of aryl methyl sites for hydroxylation is 1. The first-order chi connectivity index (χ1) is 12.6. The third kappa shape index (κ3) is 5.20. The van der Waals surface area contributed by atoms with E-state index in [2.05, 4.69) is 18.8 Å². The van der Waals surface area contributed by atoms with Crippen molar-refractivity contribution in [3.8, 4) is 5.75 Å².